The van der Waals surface area contributed by atoms with Crippen LogP contribution in [0.2, 0.25) is 0 Å². The second-order valence-electron chi connectivity index (χ2n) is 5.31. The highest BCUT2D eigenvalue weighted by atomic mass is 35.6. The van der Waals surface area contributed by atoms with Crippen molar-refractivity contribution in [3.63, 3.8) is 0 Å². The molecule has 0 N–H and O–H groups in total. The van der Waals surface area contributed by atoms with Crippen LogP contribution >= 0.6 is 11.1 Å². The summed E-state index contributed by atoms with van der Waals surface area (Å²) in [5.74, 6) is 1.44. The summed E-state index contributed by atoms with van der Waals surface area (Å²) in [5, 5.41) is 0. The Morgan fingerprint density at radius 3 is 1.84 bits per heavy atom. The standard InChI is InChI=1S/C14H23ClO3Si/c1-12(2)10-16-19(15,17-11-13(3)4)18-14-8-6-5-7-9-14/h5-9,12-13H,10-11H2,1-4H3. The topological polar surface area (TPSA) is 27.7 Å². The van der Waals surface area contributed by atoms with Gasteiger partial charge in [-0.25, -0.2) is 0 Å². The molecule has 1 aromatic rings. The molecule has 3 nitrogen and oxygen atoms in total. The Morgan fingerprint density at radius 1 is 0.947 bits per heavy atom. The highest BCUT2D eigenvalue weighted by molar-refractivity contribution is 7.09. The van der Waals surface area contributed by atoms with Crippen LogP contribution in [0.3, 0.4) is 0 Å². The lowest BCUT2D eigenvalue weighted by atomic mass is 10.2. The summed E-state index contributed by atoms with van der Waals surface area (Å²) < 4.78 is 17.2. The van der Waals surface area contributed by atoms with Gasteiger partial charge in [-0.2, -0.15) is 0 Å². The van der Waals surface area contributed by atoms with Gasteiger partial charge >= 0.3 is 8.11 Å². The molecule has 1 aromatic carbocycles. The largest absolute Gasteiger partial charge is 0.680 e. The van der Waals surface area contributed by atoms with Crippen molar-refractivity contribution in [2.45, 2.75) is 27.7 Å². The highest BCUT2D eigenvalue weighted by Crippen LogP contribution is 2.22. The van der Waals surface area contributed by atoms with Crippen LogP contribution in [0.4, 0.5) is 0 Å². The van der Waals surface area contributed by atoms with E-state index in [-0.39, 0.29) is 0 Å². The number of halogens is 1. The minimum absolute atomic E-state index is 0.382. The lowest BCUT2D eigenvalue weighted by Crippen LogP contribution is -2.45. The summed E-state index contributed by atoms with van der Waals surface area (Å²) in [4.78, 5) is 0. The summed E-state index contributed by atoms with van der Waals surface area (Å²) >= 11 is 6.43. The molecule has 0 aromatic heterocycles. The fraction of sp³-hybridized carbons (Fsp3) is 0.571. The minimum Gasteiger partial charge on any atom is -0.490 e. The van der Waals surface area contributed by atoms with E-state index in [1.807, 2.05) is 30.3 Å². The molecule has 0 spiro atoms. The monoisotopic (exact) mass is 302 g/mol. The smallest absolute Gasteiger partial charge is 0.490 e. The Hall–Kier alpha value is -0.553. The molecule has 5 heteroatoms. The van der Waals surface area contributed by atoms with Crippen molar-refractivity contribution >= 4 is 19.2 Å². The van der Waals surface area contributed by atoms with Gasteiger partial charge in [0.05, 0.1) is 0 Å². The van der Waals surface area contributed by atoms with E-state index in [0.29, 0.717) is 30.8 Å². The van der Waals surface area contributed by atoms with Crippen LogP contribution in [-0.2, 0) is 8.85 Å². The molecule has 19 heavy (non-hydrogen) atoms. The van der Waals surface area contributed by atoms with E-state index in [9.17, 15) is 0 Å². The van der Waals surface area contributed by atoms with Crippen LogP contribution in [0.25, 0.3) is 0 Å². The van der Waals surface area contributed by atoms with Gasteiger partial charge in [0.25, 0.3) is 0 Å². The number of para-hydroxylation sites is 1. The van der Waals surface area contributed by atoms with Crippen LogP contribution in [-0.4, -0.2) is 21.3 Å². The SMILES string of the molecule is CC(C)CO[Si](Cl)(OCC(C)C)Oc1ccccc1. The molecule has 0 aliphatic rings. The second kappa shape index (κ2) is 7.90. The van der Waals surface area contributed by atoms with Crippen molar-refractivity contribution < 1.29 is 13.3 Å². The van der Waals surface area contributed by atoms with E-state index in [2.05, 4.69) is 27.7 Å². The molecular weight excluding hydrogens is 280 g/mol. The van der Waals surface area contributed by atoms with Crippen molar-refractivity contribution in [2.75, 3.05) is 13.2 Å². The molecule has 0 saturated carbocycles. The van der Waals surface area contributed by atoms with E-state index in [1.54, 1.807) is 0 Å². The molecule has 0 radical (unpaired) electrons. The van der Waals surface area contributed by atoms with Crippen molar-refractivity contribution in [1.82, 2.24) is 0 Å². The molecule has 0 aliphatic heterocycles. The van der Waals surface area contributed by atoms with Gasteiger partial charge in [0.1, 0.15) is 5.75 Å². The lowest BCUT2D eigenvalue weighted by Gasteiger charge is -2.25. The van der Waals surface area contributed by atoms with Gasteiger partial charge < -0.3 is 13.3 Å². The molecule has 0 fully saturated rings. The molecule has 1 rings (SSSR count). The molecule has 0 bridgehead atoms. The minimum atomic E-state index is -3.14. The summed E-state index contributed by atoms with van der Waals surface area (Å²) in [6.45, 7) is 9.32. The summed E-state index contributed by atoms with van der Waals surface area (Å²) in [5.41, 5.74) is 0. The van der Waals surface area contributed by atoms with Gasteiger partial charge in [-0.3, -0.25) is 0 Å². The molecule has 0 atom stereocenters. The highest BCUT2D eigenvalue weighted by Gasteiger charge is 2.43. The molecule has 0 amide bonds. The quantitative estimate of drug-likeness (QED) is 0.535. The average molecular weight is 303 g/mol. The maximum Gasteiger partial charge on any atom is 0.680 e. The number of rotatable bonds is 8. The van der Waals surface area contributed by atoms with Gasteiger partial charge in [-0.15, -0.1) is 0 Å². The van der Waals surface area contributed by atoms with Crippen LogP contribution in [0.15, 0.2) is 30.3 Å². The van der Waals surface area contributed by atoms with Gasteiger partial charge in [0, 0.05) is 13.2 Å². The molecule has 0 saturated heterocycles. The maximum atomic E-state index is 6.43. The average Bonchev–Trinajstić information content (AvgIpc) is 2.36. The zero-order valence-corrected chi connectivity index (χ0v) is 13.8. The molecule has 0 aliphatic carbocycles. The van der Waals surface area contributed by atoms with E-state index < -0.39 is 8.11 Å². The Kier molecular flexibility index (Phi) is 6.86. The number of hydrogen-bond donors (Lipinski definition) is 0. The first-order valence-corrected chi connectivity index (χ1v) is 9.36. The second-order valence-corrected chi connectivity index (χ2v) is 8.44. The van der Waals surface area contributed by atoms with E-state index in [1.165, 1.54) is 0 Å². The first kappa shape index (κ1) is 16.5. The van der Waals surface area contributed by atoms with Gasteiger partial charge in [-0.05, 0) is 24.0 Å². The van der Waals surface area contributed by atoms with Crippen LogP contribution in [0.5, 0.6) is 5.75 Å². The molecule has 0 heterocycles. The third-order valence-electron chi connectivity index (χ3n) is 2.16. The third-order valence-corrected chi connectivity index (χ3v) is 4.55. The first-order chi connectivity index (χ1) is 8.91. The zero-order chi connectivity index (χ0) is 14.3. The molecule has 0 unspecified atom stereocenters. The van der Waals surface area contributed by atoms with Gasteiger partial charge in [-0.1, -0.05) is 57.0 Å². The Bertz CT molecular complexity index is 345. The van der Waals surface area contributed by atoms with Crippen molar-refractivity contribution in [3.8, 4) is 5.75 Å². The predicted octanol–water partition coefficient (Wildman–Crippen LogP) is 4.09. The van der Waals surface area contributed by atoms with Gasteiger partial charge in [0.15, 0.2) is 0 Å². The fourth-order valence-electron chi connectivity index (χ4n) is 1.26. The van der Waals surface area contributed by atoms with Crippen LogP contribution in [0, 0.1) is 11.8 Å². The zero-order valence-electron chi connectivity index (χ0n) is 12.1. The van der Waals surface area contributed by atoms with Gasteiger partial charge in [0.2, 0.25) is 0 Å². The Labute approximate surface area is 121 Å². The summed E-state index contributed by atoms with van der Waals surface area (Å²) in [6.07, 6.45) is 0. The summed E-state index contributed by atoms with van der Waals surface area (Å²) in [6, 6.07) is 9.41. The van der Waals surface area contributed by atoms with Crippen LogP contribution in [0.1, 0.15) is 27.7 Å². The maximum absolute atomic E-state index is 6.43. The van der Waals surface area contributed by atoms with E-state index in [0.717, 1.165) is 0 Å². The first-order valence-electron chi connectivity index (χ1n) is 6.62. The normalized spacial score (nSPS) is 12.2. The van der Waals surface area contributed by atoms with Crippen molar-refractivity contribution in [1.29, 1.82) is 0 Å². The number of hydrogen-bond acceptors (Lipinski definition) is 3. The van der Waals surface area contributed by atoms with E-state index in [4.69, 9.17) is 24.4 Å². The van der Waals surface area contributed by atoms with Crippen LogP contribution < -0.4 is 4.43 Å². The van der Waals surface area contributed by atoms with Crippen molar-refractivity contribution in [3.05, 3.63) is 30.3 Å². The predicted molar refractivity (Wildman–Crippen MR) is 80.3 cm³/mol. The Balaban J connectivity index is 2.67. The molecular formula is C14H23ClO3Si. The lowest BCUT2D eigenvalue weighted by molar-refractivity contribution is 0.104. The van der Waals surface area contributed by atoms with E-state index >= 15 is 0 Å². The summed E-state index contributed by atoms with van der Waals surface area (Å²) in [7, 11) is -3.14. The Morgan fingerprint density at radius 2 is 1.42 bits per heavy atom. The van der Waals surface area contributed by atoms with Crippen molar-refractivity contribution in [2.24, 2.45) is 11.8 Å². The third kappa shape index (κ3) is 6.97. The fourth-order valence-corrected chi connectivity index (χ4v) is 3.59. The molecule has 108 valence electrons. The number of benzene rings is 1.